The van der Waals surface area contributed by atoms with Crippen molar-refractivity contribution < 1.29 is 22.3 Å². The zero-order valence-electron chi connectivity index (χ0n) is 23.5. The first-order valence-electron chi connectivity index (χ1n) is 12.8. The predicted octanol–water partition coefficient (Wildman–Crippen LogP) is 8.09. The third kappa shape index (κ3) is 5.82. The zero-order chi connectivity index (χ0) is 29.5. The van der Waals surface area contributed by atoms with Crippen molar-refractivity contribution in [2.75, 3.05) is 7.11 Å². The minimum Gasteiger partial charge on any atom is -0.495 e. The molecule has 4 aromatic rings. The summed E-state index contributed by atoms with van der Waals surface area (Å²) in [6, 6.07) is 6.86. The summed E-state index contributed by atoms with van der Waals surface area (Å²) < 4.78 is 56.6. The molecule has 0 saturated carbocycles. The van der Waals surface area contributed by atoms with Crippen molar-refractivity contribution in [3.8, 4) is 39.5 Å². The fraction of sp³-hybridized carbons (Fsp3) is 0.393. The van der Waals surface area contributed by atoms with E-state index in [1.807, 2.05) is 0 Å². The molecule has 0 radical (unpaired) electrons. The Morgan fingerprint density at radius 1 is 1.05 bits per heavy atom. The average molecular weight is 592 g/mol. The molecular weight excluding hydrogens is 559 g/mol. The van der Waals surface area contributed by atoms with Crippen LogP contribution in [0.3, 0.4) is 0 Å². The molecule has 3 aromatic heterocycles. The van der Waals surface area contributed by atoms with Crippen molar-refractivity contribution in [3.05, 3.63) is 59.8 Å². The highest BCUT2D eigenvalue weighted by Gasteiger charge is 2.42. The lowest BCUT2D eigenvalue weighted by atomic mass is 9.99. The molecule has 0 aliphatic rings. The maximum Gasteiger partial charge on any atom is 0.433 e. The third-order valence-electron chi connectivity index (χ3n) is 7.25. The summed E-state index contributed by atoms with van der Waals surface area (Å²) in [5, 5.41) is 4.41. The number of H-pyrrole nitrogens is 1. The van der Waals surface area contributed by atoms with Crippen molar-refractivity contribution in [3.63, 3.8) is 0 Å². The molecular formula is C28H33ClF3N5O2Si. The van der Waals surface area contributed by atoms with Crippen molar-refractivity contribution in [1.82, 2.24) is 24.7 Å². The first-order chi connectivity index (χ1) is 18.7. The van der Waals surface area contributed by atoms with Crippen LogP contribution < -0.4 is 4.74 Å². The molecule has 0 aliphatic heterocycles. The van der Waals surface area contributed by atoms with E-state index >= 15 is 0 Å². The van der Waals surface area contributed by atoms with E-state index < -0.39 is 26.3 Å². The van der Waals surface area contributed by atoms with Crippen molar-refractivity contribution in [2.45, 2.75) is 64.7 Å². The Hall–Kier alpha value is -3.15. The number of hydrogen-bond donors (Lipinski definition) is 1. The van der Waals surface area contributed by atoms with Gasteiger partial charge in [-0.2, -0.15) is 18.3 Å². The van der Waals surface area contributed by atoms with E-state index in [9.17, 15) is 13.2 Å². The lowest BCUT2D eigenvalue weighted by molar-refractivity contribution is -0.144. The molecule has 7 nitrogen and oxygen atoms in total. The van der Waals surface area contributed by atoms with Gasteiger partial charge in [-0.1, -0.05) is 44.5 Å². The van der Waals surface area contributed by atoms with Gasteiger partial charge in [-0.15, -0.1) is 0 Å². The van der Waals surface area contributed by atoms with Crippen LogP contribution in [0.4, 0.5) is 13.2 Å². The Balaban J connectivity index is 1.86. The highest BCUT2D eigenvalue weighted by molar-refractivity contribution is 6.74. The van der Waals surface area contributed by atoms with Gasteiger partial charge in [0.25, 0.3) is 0 Å². The number of nitrogens with zero attached hydrogens (tertiary/aromatic N) is 4. The van der Waals surface area contributed by atoms with Crippen LogP contribution in [0.25, 0.3) is 33.8 Å². The number of aromatic amines is 1. The van der Waals surface area contributed by atoms with Crippen LogP contribution in [-0.4, -0.2) is 46.3 Å². The van der Waals surface area contributed by atoms with E-state index in [-0.39, 0.29) is 28.7 Å². The zero-order valence-corrected chi connectivity index (χ0v) is 25.3. The van der Waals surface area contributed by atoms with Gasteiger partial charge < -0.3 is 14.1 Å². The fourth-order valence-corrected chi connectivity index (χ4v) is 6.09. The van der Waals surface area contributed by atoms with E-state index in [2.05, 4.69) is 53.9 Å². The molecule has 12 heteroatoms. The first-order valence-corrected chi connectivity index (χ1v) is 16.1. The van der Waals surface area contributed by atoms with Gasteiger partial charge in [0, 0.05) is 35.3 Å². The van der Waals surface area contributed by atoms with Gasteiger partial charge in [-0.05, 0) is 37.2 Å². The molecule has 0 unspecified atom stereocenters. The molecule has 0 bridgehead atoms. The van der Waals surface area contributed by atoms with Crippen LogP contribution >= 0.6 is 11.6 Å². The maximum absolute atomic E-state index is 14.7. The van der Waals surface area contributed by atoms with Crippen LogP contribution in [0.15, 0.2) is 49.1 Å². The minimum atomic E-state index is -4.70. The fourth-order valence-electron chi connectivity index (χ4n) is 4.35. The van der Waals surface area contributed by atoms with Crippen LogP contribution in [0, 0.1) is 0 Å². The largest absolute Gasteiger partial charge is 0.495 e. The van der Waals surface area contributed by atoms with E-state index in [1.54, 1.807) is 37.4 Å². The number of aromatic nitrogens is 5. The number of ether oxygens (including phenoxy) is 1. The smallest absolute Gasteiger partial charge is 0.433 e. The summed E-state index contributed by atoms with van der Waals surface area (Å²) in [6.45, 7) is 12.1. The SMILES string of the molecule is COc1cccc(-c2c[nH]c(-c3cnn(C[C@@H](C)O[Si](C)(C)C(C)(C)C)c3C(F)(F)F)c2-c2ncccn2)c1Cl. The molecule has 1 aromatic carbocycles. The standard InChI is InChI=1S/C28H33ClF3N5O2Si/c1-17(39-40(6,7)27(2,3)4)16-37-25(28(30,31)32)20(15-36-37)24-22(26-33-12-9-13-34-26)19(14-35-24)18-10-8-11-21(38-5)23(18)29/h8-15,17,35H,16H2,1-7H3/t17-/m1/s1. The molecule has 214 valence electrons. The van der Waals surface area contributed by atoms with Crippen LogP contribution in [0.1, 0.15) is 33.4 Å². The number of hydrogen-bond acceptors (Lipinski definition) is 5. The number of nitrogens with one attached hydrogen (secondary N) is 1. The Labute approximate surface area is 237 Å². The van der Waals surface area contributed by atoms with Crippen LogP contribution in [0.2, 0.25) is 23.2 Å². The Morgan fingerprint density at radius 3 is 2.33 bits per heavy atom. The number of benzene rings is 1. The van der Waals surface area contributed by atoms with Gasteiger partial charge in [0.05, 0.1) is 42.2 Å². The molecule has 4 rings (SSSR count). The van der Waals surface area contributed by atoms with Crippen molar-refractivity contribution in [2.24, 2.45) is 0 Å². The summed E-state index contributed by atoms with van der Waals surface area (Å²) in [6.07, 6.45) is 0.700. The number of rotatable bonds is 8. The van der Waals surface area contributed by atoms with Gasteiger partial charge in [-0.25, -0.2) is 9.97 Å². The van der Waals surface area contributed by atoms with Gasteiger partial charge in [0.2, 0.25) is 0 Å². The minimum absolute atomic E-state index is 0.0617. The van der Waals surface area contributed by atoms with E-state index in [0.717, 1.165) is 4.68 Å². The summed E-state index contributed by atoms with van der Waals surface area (Å²) in [5.74, 6) is 0.671. The van der Waals surface area contributed by atoms with Crippen LogP contribution in [0.5, 0.6) is 5.75 Å². The summed E-state index contributed by atoms with van der Waals surface area (Å²) >= 11 is 6.62. The highest BCUT2D eigenvalue weighted by Crippen LogP contribution is 2.46. The predicted molar refractivity (Wildman–Crippen MR) is 153 cm³/mol. The molecule has 0 spiro atoms. The number of methoxy groups -OCH3 is 1. The van der Waals surface area contributed by atoms with Gasteiger partial charge >= 0.3 is 6.18 Å². The lowest BCUT2D eigenvalue weighted by Crippen LogP contribution is -2.44. The molecule has 1 N–H and O–H groups in total. The van der Waals surface area contributed by atoms with Gasteiger partial charge in [0.1, 0.15) is 5.75 Å². The number of alkyl halides is 3. The second-order valence-electron chi connectivity index (χ2n) is 11.1. The second kappa shape index (κ2) is 11.0. The quantitative estimate of drug-likeness (QED) is 0.209. The maximum atomic E-state index is 14.7. The van der Waals surface area contributed by atoms with Gasteiger partial charge in [0.15, 0.2) is 19.8 Å². The Kier molecular flexibility index (Phi) is 8.22. The molecule has 1 atom stereocenters. The van der Waals surface area contributed by atoms with Gasteiger partial charge in [-0.3, -0.25) is 4.68 Å². The Bertz CT molecular complexity index is 1480. The molecule has 0 fully saturated rings. The van der Waals surface area contributed by atoms with Crippen molar-refractivity contribution in [1.29, 1.82) is 0 Å². The van der Waals surface area contributed by atoms with Crippen LogP contribution in [-0.2, 0) is 17.1 Å². The molecule has 0 aliphatic carbocycles. The average Bonchev–Trinajstić information content (AvgIpc) is 3.48. The summed E-state index contributed by atoms with van der Waals surface area (Å²) in [7, 11) is -0.716. The lowest BCUT2D eigenvalue weighted by Gasteiger charge is -2.38. The molecule has 0 amide bonds. The second-order valence-corrected chi connectivity index (χ2v) is 16.3. The monoisotopic (exact) mass is 591 g/mol. The Morgan fingerprint density at radius 2 is 1.73 bits per heavy atom. The topological polar surface area (TPSA) is 77.8 Å². The van der Waals surface area contributed by atoms with E-state index in [1.165, 1.54) is 25.7 Å². The summed E-state index contributed by atoms with van der Waals surface area (Å²) in [4.78, 5) is 11.7. The molecule has 40 heavy (non-hydrogen) atoms. The molecule has 3 heterocycles. The number of halogens is 4. The van der Waals surface area contributed by atoms with E-state index in [4.69, 9.17) is 20.8 Å². The summed E-state index contributed by atoms with van der Waals surface area (Å²) in [5.41, 5.74) is 0.618. The first kappa shape index (κ1) is 29.8. The van der Waals surface area contributed by atoms with Crippen molar-refractivity contribution >= 4 is 19.9 Å². The normalized spacial score (nSPS) is 13.5. The van der Waals surface area contributed by atoms with E-state index in [0.29, 0.717) is 27.5 Å². The molecule has 0 saturated heterocycles. The third-order valence-corrected chi connectivity index (χ3v) is 12.2. The highest BCUT2D eigenvalue weighted by atomic mass is 35.5.